The third-order valence-corrected chi connectivity index (χ3v) is 13.5. The van der Waals surface area contributed by atoms with Gasteiger partial charge in [0.05, 0.1) is 11.4 Å². The van der Waals surface area contributed by atoms with Crippen molar-refractivity contribution in [3.8, 4) is 22.3 Å². The fourth-order valence-electron chi connectivity index (χ4n) is 9.86. The standard InChI is InChI=1S/C50H41BN2S/c1-30-27-36-33-18-14-20-38-47(33)53(41-21-12-11-19-37(41)50(38,5)6)51-39-24-26-44-45(34-17-10-13-22-43(34)54-44)48(39)52(42(28-30)46(36)51)40-25-23-32(49(2,3)4)29-35(40)31-15-8-7-9-16-31/h7-29H,1-6H3. The van der Waals surface area contributed by atoms with Crippen LogP contribution in [0.4, 0.5) is 28.4 Å². The van der Waals surface area contributed by atoms with Crippen LogP contribution in [-0.4, -0.2) is 6.85 Å². The molecule has 2 nitrogen and oxygen atoms in total. The molecule has 0 saturated carbocycles. The van der Waals surface area contributed by atoms with E-state index in [1.54, 1.807) is 0 Å². The smallest absolute Gasteiger partial charge is 0.333 e. The summed E-state index contributed by atoms with van der Waals surface area (Å²) in [6, 6.07) is 53.2. The minimum absolute atomic E-state index is 0.00311. The van der Waals surface area contributed by atoms with E-state index >= 15 is 0 Å². The van der Waals surface area contributed by atoms with Gasteiger partial charge in [-0.1, -0.05) is 138 Å². The van der Waals surface area contributed by atoms with E-state index in [0.717, 1.165) is 0 Å². The maximum Gasteiger partial charge on any atom is 0.333 e. The molecular weight excluding hydrogens is 671 g/mol. The van der Waals surface area contributed by atoms with Crippen LogP contribution in [0.1, 0.15) is 56.9 Å². The Bertz CT molecular complexity index is 2880. The monoisotopic (exact) mass is 712 g/mol. The van der Waals surface area contributed by atoms with Crippen LogP contribution >= 0.6 is 11.3 Å². The van der Waals surface area contributed by atoms with Gasteiger partial charge in [0.2, 0.25) is 0 Å². The molecule has 4 heterocycles. The second-order valence-corrected chi connectivity index (χ2v) is 18.1. The molecule has 0 radical (unpaired) electrons. The van der Waals surface area contributed by atoms with E-state index < -0.39 is 0 Å². The molecule has 0 atom stereocenters. The highest BCUT2D eigenvalue weighted by atomic mass is 32.1. The number of thiophene rings is 1. The van der Waals surface area contributed by atoms with Crippen LogP contribution in [0.5, 0.6) is 0 Å². The number of hydrogen-bond donors (Lipinski definition) is 0. The van der Waals surface area contributed by atoms with Gasteiger partial charge < -0.3 is 9.71 Å². The predicted molar refractivity (Wildman–Crippen MR) is 234 cm³/mol. The number of anilines is 5. The minimum Gasteiger partial charge on any atom is -0.376 e. The number of fused-ring (bicyclic) bond motifs is 10. The SMILES string of the molecule is Cc1cc2c3c(c1)N(c1ccc(C(C)(C)C)cc1-c1ccccc1)c1c(ccc4sc5ccccc5c14)B3N1c3ccccc3C(C)(C)c3cccc-2c31. The first-order valence-electron chi connectivity index (χ1n) is 19.2. The number of nitrogens with zero attached hydrogens (tertiary/aromatic N) is 2. The van der Waals surface area contributed by atoms with Crippen LogP contribution in [0.15, 0.2) is 140 Å². The minimum atomic E-state index is -0.140. The van der Waals surface area contributed by atoms with Crippen molar-refractivity contribution in [2.75, 3.05) is 9.71 Å². The molecule has 3 aliphatic rings. The van der Waals surface area contributed by atoms with Gasteiger partial charge in [0.25, 0.3) is 0 Å². The summed E-state index contributed by atoms with van der Waals surface area (Å²) in [5.74, 6) is 0. The van der Waals surface area contributed by atoms with Crippen molar-refractivity contribution in [3.63, 3.8) is 0 Å². The molecule has 11 rings (SSSR count). The molecule has 1 aromatic heterocycles. The second-order valence-electron chi connectivity index (χ2n) is 17.0. The van der Waals surface area contributed by atoms with E-state index in [9.17, 15) is 0 Å². The van der Waals surface area contributed by atoms with Crippen LogP contribution in [0.2, 0.25) is 0 Å². The van der Waals surface area contributed by atoms with E-state index in [1.165, 1.54) is 104 Å². The molecule has 0 aliphatic carbocycles. The van der Waals surface area contributed by atoms with E-state index in [0.29, 0.717) is 0 Å². The fourth-order valence-corrected chi connectivity index (χ4v) is 11.0. The average Bonchev–Trinajstić information content (AvgIpc) is 3.56. The van der Waals surface area contributed by atoms with E-state index in [-0.39, 0.29) is 17.7 Å². The molecule has 4 heteroatoms. The third-order valence-electron chi connectivity index (χ3n) is 12.4. The van der Waals surface area contributed by atoms with Crippen molar-refractivity contribution in [2.45, 2.75) is 52.4 Å². The summed E-state index contributed by atoms with van der Waals surface area (Å²) in [6.45, 7) is 14.0. The van der Waals surface area contributed by atoms with E-state index in [2.05, 4.69) is 191 Å². The lowest BCUT2D eigenvalue weighted by Gasteiger charge is -2.51. The van der Waals surface area contributed by atoms with Gasteiger partial charge in [-0.25, -0.2) is 0 Å². The maximum atomic E-state index is 2.71. The molecule has 0 fully saturated rings. The first-order chi connectivity index (χ1) is 26.1. The zero-order valence-electron chi connectivity index (χ0n) is 31.7. The molecule has 0 bridgehead atoms. The lowest BCUT2D eigenvalue weighted by Crippen LogP contribution is -2.63. The normalized spacial score (nSPS) is 14.9. The quantitative estimate of drug-likeness (QED) is 0.165. The van der Waals surface area contributed by atoms with Gasteiger partial charge in [0.15, 0.2) is 0 Å². The predicted octanol–water partition coefficient (Wildman–Crippen LogP) is 12.7. The summed E-state index contributed by atoms with van der Waals surface area (Å²) in [5.41, 5.74) is 19.5. The number of rotatable bonds is 2. The molecule has 260 valence electrons. The van der Waals surface area contributed by atoms with Crippen molar-refractivity contribution >= 4 is 77.7 Å². The Kier molecular flexibility index (Phi) is 6.50. The highest BCUT2D eigenvalue weighted by Crippen LogP contribution is 2.57. The highest BCUT2D eigenvalue weighted by molar-refractivity contribution is 7.26. The van der Waals surface area contributed by atoms with Gasteiger partial charge in [0, 0.05) is 53.8 Å². The van der Waals surface area contributed by atoms with Gasteiger partial charge in [-0.15, -0.1) is 11.3 Å². The van der Waals surface area contributed by atoms with Crippen molar-refractivity contribution in [1.29, 1.82) is 0 Å². The molecule has 7 aromatic carbocycles. The summed E-state index contributed by atoms with van der Waals surface area (Å²) < 4.78 is 2.64. The van der Waals surface area contributed by atoms with Gasteiger partial charge >= 0.3 is 6.85 Å². The molecule has 0 spiro atoms. The van der Waals surface area contributed by atoms with Gasteiger partial charge in [-0.2, -0.15) is 0 Å². The number of benzene rings is 7. The molecule has 3 aliphatic heterocycles. The van der Waals surface area contributed by atoms with Crippen molar-refractivity contribution < 1.29 is 0 Å². The molecule has 0 unspecified atom stereocenters. The number of para-hydroxylation sites is 2. The summed E-state index contributed by atoms with van der Waals surface area (Å²) in [4.78, 5) is 5.37. The second kappa shape index (κ2) is 11.0. The molecule has 0 saturated heterocycles. The molecule has 8 aromatic rings. The molecule has 54 heavy (non-hydrogen) atoms. The fraction of sp³-hybridized carbons (Fsp3) is 0.160. The lowest BCUT2D eigenvalue weighted by molar-refractivity contribution is 0.590. The van der Waals surface area contributed by atoms with E-state index in [4.69, 9.17) is 0 Å². The number of hydrogen-bond acceptors (Lipinski definition) is 3. The Labute approximate surface area is 322 Å². The van der Waals surface area contributed by atoms with E-state index in [1.807, 2.05) is 11.3 Å². The molecule has 0 amide bonds. The Balaban J connectivity index is 1.33. The van der Waals surface area contributed by atoms with Gasteiger partial charge in [-0.3, -0.25) is 0 Å². The zero-order chi connectivity index (χ0) is 36.7. The summed E-state index contributed by atoms with van der Waals surface area (Å²) in [6.07, 6.45) is 0. The first-order valence-corrected chi connectivity index (χ1v) is 20.0. The largest absolute Gasteiger partial charge is 0.376 e. The van der Waals surface area contributed by atoms with Gasteiger partial charge in [-0.05, 0) is 93.0 Å². The zero-order valence-corrected chi connectivity index (χ0v) is 32.5. The Morgan fingerprint density at radius 2 is 1.35 bits per heavy atom. The molecular formula is C50H41BN2S. The van der Waals surface area contributed by atoms with Crippen LogP contribution in [0.25, 0.3) is 42.4 Å². The highest BCUT2D eigenvalue weighted by Gasteiger charge is 2.50. The summed E-state index contributed by atoms with van der Waals surface area (Å²) in [5, 5.41) is 2.66. The number of aryl methyl sites for hydroxylation is 1. The van der Waals surface area contributed by atoms with Gasteiger partial charge in [0.1, 0.15) is 0 Å². The van der Waals surface area contributed by atoms with Crippen LogP contribution < -0.4 is 20.6 Å². The Morgan fingerprint density at radius 3 is 2.19 bits per heavy atom. The molecule has 0 N–H and O–H groups in total. The maximum absolute atomic E-state index is 2.71. The van der Waals surface area contributed by atoms with Crippen molar-refractivity contribution in [2.24, 2.45) is 0 Å². The first kappa shape index (κ1) is 31.9. The lowest BCUT2D eigenvalue weighted by atomic mass is 9.42. The Hall–Kier alpha value is -5.58. The van der Waals surface area contributed by atoms with Crippen LogP contribution in [0, 0.1) is 6.92 Å². The summed E-state index contributed by atoms with van der Waals surface area (Å²) in [7, 11) is 0. The third kappa shape index (κ3) is 4.23. The van der Waals surface area contributed by atoms with Crippen molar-refractivity contribution in [3.05, 3.63) is 162 Å². The van der Waals surface area contributed by atoms with Crippen LogP contribution in [0.3, 0.4) is 0 Å². The van der Waals surface area contributed by atoms with Crippen molar-refractivity contribution in [1.82, 2.24) is 0 Å². The average molecular weight is 713 g/mol. The Morgan fingerprint density at radius 1 is 0.593 bits per heavy atom. The summed E-state index contributed by atoms with van der Waals surface area (Å²) >= 11 is 1.91. The van der Waals surface area contributed by atoms with Crippen LogP contribution in [-0.2, 0) is 10.8 Å². The topological polar surface area (TPSA) is 6.48 Å².